The normalized spacial score (nSPS) is 25.7. The first kappa shape index (κ1) is 23.3. The fraction of sp³-hybridized carbons (Fsp3) is 0.619. The summed E-state index contributed by atoms with van der Waals surface area (Å²) in [5.41, 5.74) is 0.729. The molecular weight excluding hydrogens is 417 g/mol. The number of hydrogen-bond acceptors (Lipinski definition) is 5. The molecule has 4 rings (SSSR count). The number of methoxy groups -OCH3 is 1. The van der Waals surface area contributed by atoms with E-state index in [9.17, 15) is 18.0 Å². The number of benzene rings is 1. The van der Waals surface area contributed by atoms with E-state index in [0.717, 1.165) is 37.6 Å². The Morgan fingerprint density at radius 1 is 1.16 bits per heavy atom. The Morgan fingerprint density at radius 2 is 1.77 bits per heavy atom. The Bertz CT molecular complexity index is 765. The number of carbonyl (C=O) groups is 2. The van der Waals surface area contributed by atoms with Crippen LogP contribution in [0.5, 0.6) is 5.75 Å². The van der Waals surface area contributed by atoms with Crippen LogP contribution in [-0.4, -0.2) is 85.5 Å². The molecule has 3 heterocycles. The van der Waals surface area contributed by atoms with Gasteiger partial charge in [0.05, 0.1) is 19.8 Å². The number of likely N-dealkylation sites (tertiary alicyclic amines) is 2. The van der Waals surface area contributed by atoms with Crippen molar-refractivity contribution in [3.05, 3.63) is 29.8 Å². The molecule has 3 atom stereocenters. The summed E-state index contributed by atoms with van der Waals surface area (Å²) < 4.78 is 42.9. The highest BCUT2D eigenvalue weighted by Gasteiger charge is 2.45. The van der Waals surface area contributed by atoms with Gasteiger partial charge < -0.3 is 24.4 Å². The summed E-state index contributed by atoms with van der Waals surface area (Å²) in [5, 5.41) is 7.12. The van der Waals surface area contributed by atoms with Gasteiger partial charge in [-0.2, -0.15) is 13.2 Å². The summed E-state index contributed by atoms with van der Waals surface area (Å²) in [7, 11) is 1.64. The third-order valence-electron chi connectivity index (χ3n) is 6.00. The molecule has 0 aromatic heterocycles. The highest BCUT2D eigenvalue weighted by molar-refractivity contribution is 5.94. The minimum Gasteiger partial charge on any atom is -0.497 e. The molecular formula is C21H27F3N2O5. The molecule has 3 fully saturated rings. The van der Waals surface area contributed by atoms with E-state index in [0.29, 0.717) is 11.8 Å². The van der Waals surface area contributed by atoms with Gasteiger partial charge in [0.1, 0.15) is 5.75 Å². The molecule has 3 saturated heterocycles. The minimum absolute atomic E-state index is 0.107. The zero-order valence-corrected chi connectivity index (χ0v) is 17.3. The topological polar surface area (TPSA) is 79.3 Å². The van der Waals surface area contributed by atoms with E-state index in [-0.39, 0.29) is 12.0 Å². The molecule has 0 saturated carbocycles. The summed E-state index contributed by atoms with van der Waals surface area (Å²) in [6.07, 6.45) is -2.21. The van der Waals surface area contributed by atoms with Gasteiger partial charge in [-0.1, -0.05) is 0 Å². The Kier molecular flexibility index (Phi) is 7.42. The third-order valence-corrected chi connectivity index (χ3v) is 6.00. The molecule has 3 aliphatic rings. The Labute approximate surface area is 178 Å². The summed E-state index contributed by atoms with van der Waals surface area (Å²) in [4.78, 5) is 26.2. The van der Waals surface area contributed by atoms with Crippen LogP contribution in [0.25, 0.3) is 0 Å². The van der Waals surface area contributed by atoms with Gasteiger partial charge in [-0.3, -0.25) is 4.79 Å². The SMILES string of the molecule is COc1ccc(C(=O)N2C[C@@H]3[C@H](CN4CCCC4)CO[C@@H]3C2)cc1.O=C(O)C(F)(F)F. The highest BCUT2D eigenvalue weighted by Crippen LogP contribution is 2.35. The van der Waals surface area contributed by atoms with Crippen molar-refractivity contribution in [2.75, 3.05) is 46.4 Å². The molecule has 1 aromatic rings. The van der Waals surface area contributed by atoms with Gasteiger partial charge in [0, 0.05) is 37.0 Å². The fourth-order valence-corrected chi connectivity index (χ4v) is 4.37. The first-order valence-corrected chi connectivity index (χ1v) is 10.3. The van der Waals surface area contributed by atoms with Gasteiger partial charge >= 0.3 is 12.1 Å². The number of aliphatic carboxylic acids is 1. The van der Waals surface area contributed by atoms with Crippen molar-refractivity contribution in [3.8, 4) is 5.75 Å². The third kappa shape index (κ3) is 5.88. The summed E-state index contributed by atoms with van der Waals surface area (Å²) in [6, 6.07) is 7.38. The van der Waals surface area contributed by atoms with E-state index in [4.69, 9.17) is 19.4 Å². The molecule has 172 valence electrons. The minimum atomic E-state index is -5.08. The van der Waals surface area contributed by atoms with Crippen LogP contribution in [0.3, 0.4) is 0 Å². The summed E-state index contributed by atoms with van der Waals surface area (Å²) in [6.45, 7) is 5.99. The molecule has 1 N–H and O–H groups in total. The zero-order chi connectivity index (χ0) is 22.6. The second-order valence-corrected chi connectivity index (χ2v) is 8.04. The van der Waals surface area contributed by atoms with Crippen LogP contribution in [0.1, 0.15) is 23.2 Å². The van der Waals surface area contributed by atoms with Crippen molar-refractivity contribution in [1.82, 2.24) is 9.80 Å². The lowest BCUT2D eigenvalue weighted by Gasteiger charge is -2.24. The smallest absolute Gasteiger partial charge is 0.490 e. The second kappa shape index (κ2) is 9.86. The molecule has 1 amide bonds. The predicted molar refractivity (Wildman–Crippen MR) is 105 cm³/mol. The fourth-order valence-electron chi connectivity index (χ4n) is 4.37. The highest BCUT2D eigenvalue weighted by atomic mass is 19.4. The maximum absolute atomic E-state index is 12.7. The van der Waals surface area contributed by atoms with Gasteiger partial charge in [0.25, 0.3) is 5.91 Å². The van der Waals surface area contributed by atoms with E-state index in [2.05, 4.69) is 4.90 Å². The standard InChI is InChI=1S/C19H26N2O3.C2HF3O2/c1-23-16-6-4-14(5-7-16)19(22)21-11-17-15(13-24-18(17)12-21)10-20-8-2-3-9-20;3-2(4,5)1(6)7/h4-7,15,17-18H,2-3,8-13H2,1H3;(H,6,7)/t15-,17-,18-;/m1./s1. The second-order valence-electron chi connectivity index (χ2n) is 8.04. The molecule has 7 nitrogen and oxygen atoms in total. The number of halogens is 3. The Morgan fingerprint density at radius 3 is 2.32 bits per heavy atom. The monoisotopic (exact) mass is 444 g/mol. The zero-order valence-electron chi connectivity index (χ0n) is 17.3. The van der Waals surface area contributed by atoms with Gasteiger partial charge in [-0.15, -0.1) is 0 Å². The van der Waals surface area contributed by atoms with Crippen LogP contribution in [-0.2, 0) is 9.53 Å². The Hall–Kier alpha value is -2.33. The molecule has 10 heteroatoms. The summed E-state index contributed by atoms with van der Waals surface area (Å²) >= 11 is 0. The number of fused-ring (bicyclic) bond motifs is 1. The first-order chi connectivity index (χ1) is 14.7. The molecule has 1 aromatic carbocycles. The predicted octanol–water partition coefficient (Wildman–Crippen LogP) is 2.51. The van der Waals surface area contributed by atoms with E-state index in [1.165, 1.54) is 25.9 Å². The molecule has 3 aliphatic heterocycles. The quantitative estimate of drug-likeness (QED) is 0.769. The lowest BCUT2D eigenvalue weighted by Crippen LogP contribution is -2.34. The largest absolute Gasteiger partial charge is 0.497 e. The van der Waals surface area contributed by atoms with Gasteiger partial charge in [0.2, 0.25) is 0 Å². The maximum atomic E-state index is 12.7. The van der Waals surface area contributed by atoms with E-state index in [1.54, 1.807) is 7.11 Å². The van der Waals surface area contributed by atoms with Crippen molar-refractivity contribution < 1.29 is 37.3 Å². The Balaban J connectivity index is 0.000000339. The van der Waals surface area contributed by atoms with Crippen molar-refractivity contribution in [2.24, 2.45) is 11.8 Å². The lowest BCUT2D eigenvalue weighted by molar-refractivity contribution is -0.192. The lowest BCUT2D eigenvalue weighted by atomic mass is 9.93. The van der Waals surface area contributed by atoms with Crippen LogP contribution in [0.15, 0.2) is 24.3 Å². The molecule has 0 aliphatic carbocycles. The van der Waals surface area contributed by atoms with Crippen molar-refractivity contribution >= 4 is 11.9 Å². The average molecular weight is 444 g/mol. The van der Waals surface area contributed by atoms with Crippen LogP contribution < -0.4 is 4.74 Å². The van der Waals surface area contributed by atoms with Crippen LogP contribution >= 0.6 is 0 Å². The maximum Gasteiger partial charge on any atom is 0.490 e. The number of carboxylic acids is 1. The number of ether oxygens (including phenoxy) is 2. The number of rotatable bonds is 4. The van der Waals surface area contributed by atoms with E-state index < -0.39 is 12.1 Å². The number of carboxylic acid groups (broad SMARTS) is 1. The van der Waals surface area contributed by atoms with Gasteiger partial charge in [-0.05, 0) is 50.2 Å². The van der Waals surface area contributed by atoms with Crippen molar-refractivity contribution in [2.45, 2.75) is 25.1 Å². The number of nitrogens with zero attached hydrogens (tertiary/aromatic N) is 2. The molecule has 0 radical (unpaired) electrons. The number of alkyl halides is 3. The molecule has 0 bridgehead atoms. The average Bonchev–Trinajstić information content (AvgIpc) is 3.46. The molecule has 0 unspecified atom stereocenters. The van der Waals surface area contributed by atoms with E-state index in [1.807, 2.05) is 29.2 Å². The van der Waals surface area contributed by atoms with Crippen LogP contribution in [0.4, 0.5) is 13.2 Å². The number of carbonyl (C=O) groups excluding carboxylic acids is 1. The van der Waals surface area contributed by atoms with E-state index >= 15 is 0 Å². The van der Waals surface area contributed by atoms with Gasteiger partial charge in [0.15, 0.2) is 0 Å². The molecule has 0 spiro atoms. The van der Waals surface area contributed by atoms with Crippen LogP contribution in [0.2, 0.25) is 0 Å². The van der Waals surface area contributed by atoms with Crippen molar-refractivity contribution in [3.63, 3.8) is 0 Å². The van der Waals surface area contributed by atoms with Crippen LogP contribution in [0, 0.1) is 11.8 Å². The summed E-state index contributed by atoms with van der Waals surface area (Å²) in [5.74, 6) is -0.809. The molecule has 31 heavy (non-hydrogen) atoms. The van der Waals surface area contributed by atoms with Gasteiger partial charge in [-0.25, -0.2) is 4.79 Å². The number of hydrogen-bond donors (Lipinski definition) is 1. The first-order valence-electron chi connectivity index (χ1n) is 10.3. The van der Waals surface area contributed by atoms with Crippen molar-refractivity contribution in [1.29, 1.82) is 0 Å². The number of amides is 1.